The third kappa shape index (κ3) is 3.83. The molecule has 0 saturated carbocycles. The van der Waals surface area contributed by atoms with E-state index >= 15 is 0 Å². The van der Waals surface area contributed by atoms with Gasteiger partial charge in [-0.15, -0.1) is 11.3 Å². The quantitative estimate of drug-likeness (QED) is 0.851. The average molecular weight is 347 g/mol. The molecule has 0 bridgehead atoms. The van der Waals surface area contributed by atoms with Crippen molar-refractivity contribution in [1.82, 2.24) is 10.2 Å². The van der Waals surface area contributed by atoms with Gasteiger partial charge in [0.2, 0.25) is 5.91 Å². The first-order valence-electron chi connectivity index (χ1n) is 7.65. The number of nitrogens with one attached hydrogen (secondary N) is 1. The summed E-state index contributed by atoms with van der Waals surface area (Å²) in [5, 5.41) is 4.03. The number of hydrogen-bond acceptors (Lipinski definition) is 3. The smallest absolute Gasteiger partial charge is 0.246 e. The van der Waals surface area contributed by atoms with Gasteiger partial charge in [-0.3, -0.25) is 4.79 Å². The van der Waals surface area contributed by atoms with Gasteiger partial charge < -0.3 is 10.2 Å². The zero-order valence-corrected chi connectivity index (χ0v) is 14.5. The van der Waals surface area contributed by atoms with E-state index in [1.165, 1.54) is 0 Å². The number of hydrogen-bond donors (Lipinski definition) is 1. The zero-order valence-electron chi connectivity index (χ0n) is 13.0. The normalized spacial score (nSPS) is 17.7. The molecule has 23 heavy (non-hydrogen) atoms. The maximum Gasteiger partial charge on any atom is 0.246 e. The molecule has 1 saturated heterocycles. The molecule has 1 amide bonds. The number of rotatable bonds is 4. The van der Waals surface area contributed by atoms with Crippen LogP contribution in [-0.4, -0.2) is 37.0 Å². The molecule has 1 aromatic carbocycles. The number of benzene rings is 1. The highest BCUT2D eigenvalue weighted by Crippen LogP contribution is 2.33. The molecule has 1 atom stereocenters. The summed E-state index contributed by atoms with van der Waals surface area (Å²) in [4.78, 5) is 16.2. The molecular weight excluding hydrogens is 328 g/mol. The van der Waals surface area contributed by atoms with Gasteiger partial charge in [-0.1, -0.05) is 29.8 Å². The number of carbonyl (C=O) groups is 1. The fourth-order valence-electron chi connectivity index (χ4n) is 2.67. The highest BCUT2D eigenvalue weighted by molar-refractivity contribution is 7.16. The maximum absolute atomic E-state index is 12.2. The second kappa shape index (κ2) is 7.30. The van der Waals surface area contributed by atoms with E-state index in [1.54, 1.807) is 17.4 Å². The fourth-order valence-corrected chi connectivity index (χ4v) is 3.91. The highest BCUT2D eigenvalue weighted by Gasteiger charge is 2.21. The maximum atomic E-state index is 12.2. The van der Waals surface area contributed by atoms with Gasteiger partial charge >= 0.3 is 0 Å². The second-order valence-electron chi connectivity index (χ2n) is 5.61. The van der Waals surface area contributed by atoms with Crippen LogP contribution in [0.1, 0.15) is 11.3 Å². The van der Waals surface area contributed by atoms with E-state index in [0.29, 0.717) is 6.04 Å². The molecule has 120 valence electrons. The van der Waals surface area contributed by atoms with Crippen LogP contribution in [0.3, 0.4) is 0 Å². The van der Waals surface area contributed by atoms with Crippen molar-refractivity contribution in [3.63, 3.8) is 0 Å². The SMILES string of the molecule is CN(C(=O)C=Cc1ccc(-c2ccccc2Cl)s1)C1CCNC1. The highest BCUT2D eigenvalue weighted by atomic mass is 35.5. The lowest BCUT2D eigenvalue weighted by molar-refractivity contribution is -0.126. The number of amides is 1. The van der Waals surface area contributed by atoms with Gasteiger partial charge in [0.15, 0.2) is 0 Å². The van der Waals surface area contributed by atoms with Gasteiger partial charge in [0, 0.05) is 46.1 Å². The van der Waals surface area contributed by atoms with Gasteiger partial charge in [0.1, 0.15) is 0 Å². The third-order valence-electron chi connectivity index (χ3n) is 4.09. The number of likely N-dealkylation sites (N-methyl/N-ethyl adjacent to an activating group) is 1. The van der Waals surface area contributed by atoms with Crippen molar-refractivity contribution >= 4 is 34.9 Å². The Balaban J connectivity index is 1.69. The van der Waals surface area contributed by atoms with E-state index in [-0.39, 0.29) is 5.91 Å². The first kappa shape index (κ1) is 16.2. The largest absolute Gasteiger partial charge is 0.338 e. The summed E-state index contributed by atoms with van der Waals surface area (Å²) in [6.45, 7) is 1.86. The Morgan fingerprint density at radius 3 is 2.91 bits per heavy atom. The number of carbonyl (C=O) groups excluding carboxylic acids is 1. The van der Waals surface area contributed by atoms with Crippen LogP contribution in [0.5, 0.6) is 0 Å². The van der Waals surface area contributed by atoms with E-state index in [9.17, 15) is 4.79 Å². The molecule has 2 heterocycles. The summed E-state index contributed by atoms with van der Waals surface area (Å²) < 4.78 is 0. The molecule has 3 nitrogen and oxygen atoms in total. The fraction of sp³-hybridized carbons (Fsp3) is 0.278. The van der Waals surface area contributed by atoms with Gasteiger partial charge in [-0.05, 0) is 37.2 Å². The molecule has 1 aromatic heterocycles. The summed E-state index contributed by atoms with van der Waals surface area (Å²) in [5.74, 6) is 0.0476. The molecule has 0 radical (unpaired) electrons. The zero-order chi connectivity index (χ0) is 16.2. The topological polar surface area (TPSA) is 32.3 Å². The molecule has 3 rings (SSSR count). The van der Waals surface area contributed by atoms with Crippen LogP contribution in [0.15, 0.2) is 42.5 Å². The summed E-state index contributed by atoms with van der Waals surface area (Å²) >= 11 is 7.86. The van der Waals surface area contributed by atoms with Crippen molar-refractivity contribution in [2.24, 2.45) is 0 Å². The molecule has 5 heteroatoms. The summed E-state index contributed by atoms with van der Waals surface area (Å²) in [6, 6.07) is 12.2. The molecule has 1 aliphatic heterocycles. The van der Waals surface area contributed by atoms with Gasteiger partial charge in [0.25, 0.3) is 0 Å². The average Bonchev–Trinajstić information content (AvgIpc) is 3.24. The monoisotopic (exact) mass is 346 g/mol. The van der Waals surface area contributed by atoms with Gasteiger partial charge in [0.05, 0.1) is 0 Å². The van der Waals surface area contributed by atoms with Crippen molar-refractivity contribution in [2.45, 2.75) is 12.5 Å². The van der Waals surface area contributed by atoms with Crippen molar-refractivity contribution < 1.29 is 4.79 Å². The Kier molecular flexibility index (Phi) is 5.16. The number of thiophene rings is 1. The van der Waals surface area contributed by atoms with Crippen molar-refractivity contribution in [3.05, 3.63) is 52.4 Å². The lowest BCUT2D eigenvalue weighted by Crippen LogP contribution is -2.37. The molecule has 1 fully saturated rings. The van der Waals surface area contributed by atoms with Crippen molar-refractivity contribution in [1.29, 1.82) is 0 Å². The second-order valence-corrected chi connectivity index (χ2v) is 7.13. The van der Waals surface area contributed by atoms with Gasteiger partial charge in [-0.2, -0.15) is 0 Å². The van der Waals surface area contributed by atoms with E-state index in [2.05, 4.69) is 5.32 Å². The summed E-state index contributed by atoms with van der Waals surface area (Å²) in [5.41, 5.74) is 1.03. The van der Waals surface area contributed by atoms with Crippen LogP contribution in [0, 0.1) is 0 Å². The lowest BCUT2D eigenvalue weighted by Gasteiger charge is -2.22. The van der Waals surface area contributed by atoms with Crippen LogP contribution in [0.4, 0.5) is 0 Å². The van der Waals surface area contributed by atoms with E-state index in [4.69, 9.17) is 11.6 Å². The van der Waals surface area contributed by atoms with Gasteiger partial charge in [-0.25, -0.2) is 0 Å². The van der Waals surface area contributed by atoms with Crippen LogP contribution in [-0.2, 0) is 4.79 Å². The number of nitrogens with zero attached hydrogens (tertiary/aromatic N) is 1. The minimum atomic E-state index is 0.0476. The summed E-state index contributed by atoms with van der Waals surface area (Å²) in [6.07, 6.45) is 4.55. The Hall–Kier alpha value is -1.62. The molecule has 2 aromatic rings. The van der Waals surface area contributed by atoms with E-state index < -0.39 is 0 Å². The number of halogens is 1. The predicted molar refractivity (Wildman–Crippen MR) is 97.8 cm³/mol. The van der Waals surface area contributed by atoms with Crippen LogP contribution in [0.25, 0.3) is 16.5 Å². The minimum Gasteiger partial charge on any atom is -0.338 e. The lowest BCUT2D eigenvalue weighted by atomic mass is 10.2. The Morgan fingerprint density at radius 1 is 1.35 bits per heavy atom. The predicted octanol–water partition coefficient (Wildman–Crippen LogP) is 3.90. The van der Waals surface area contributed by atoms with E-state index in [0.717, 1.165) is 39.9 Å². The standard InChI is InChI=1S/C18H19ClN2OS/c1-21(13-10-11-20-12-13)18(22)9-7-14-6-8-17(23-14)15-4-2-3-5-16(15)19/h2-9,13,20H,10-12H2,1H3. The molecule has 1 unspecified atom stereocenters. The van der Waals surface area contributed by atoms with Crippen LogP contribution in [0.2, 0.25) is 5.02 Å². The van der Waals surface area contributed by atoms with Crippen molar-refractivity contribution in [3.8, 4) is 10.4 Å². The molecule has 0 aliphatic carbocycles. The Morgan fingerprint density at radius 2 is 2.17 bits per heavy atom. The Bertz CT molecular complexity index is 719. The van der Waals surface area contributed by atoms with Crippen LogP contribution >= 0.6 is 22.9 Å². The molecule has 0 spiro atoms. The first-order valence-corrected chi connectivity index (χ1v) is 8.85. The van der Waals surface area contributed by atoms with E-state index in [1.807, 2.05) is 54.4 Å². The molecule has 1 aliphatic rings. The van der Waals surface area contributed by atoms with Crippen LogP contribution < -0.4 is 5.32 Å². The molecule has 1 N–H and O–H groups in total. The van der Waals surface area contributed by atoms with Crippen molar-refractivity contribution in [2.75, 3.05) is 20.1 Å². The molecular formula is C18H19ClN2OS. The first-order chi connectivity index (χ1) is 11.1. The minimum absolute atomic E-state index is 0.0476. The summed E-state index contributed by atoms with van der Waals surface area (Å²) in [7, 11) is 1.87. The third-order valence-corrected chi connectivity index (χ3v) is 5.50. The Labute approximate surface area is 145 Å².